The molecule has 3 aromatic rings. The number of rotatable bonds is 5. The van der Waals surface area contributed by atoms with Gasteiger partial charge in [-0.15, -0.1) is 0 Å². The minimum absolute atomic E-state index is 0.0796. The maximum atomic E-state index is 12.7. The van der Waals surface area contributed by atoms with Crippen molar-refractivity contribution in [1.82, 2.24) is 15.3 Å². The molecule has 4 nitrogen and oxygen atoms in total. The molecule has 0 spiro atoms. The van der Waals surface area contributed by atoms with Crippen LogP contribution in [0.15, 0.2) is 48.7 Å². The number of nitrogens with one attached hydrogen (secondary N) is 1. The van der Waals surface area contributed by atoms with Gasteiger partial charge in [0.05, 0.1) is 17.3 Å². The minimum atomic E-state index is 0.0796. The van der Waals surface area contributed by atoms with Crippen LogP contribution < -0.4 is 5.32 Å². The molecule has 2 aromatic carbocycles. The van der Waals surface area contributed by atoms with Gasteiger partial charge in [0, 0.05) is 33.3 Å². The molecule has 1 fully saturated rings. The zero-order valence-electron chi connectivity index (χ0n) is 17.6. The van der Waals surface area contributed by atoms with E-state index in [9.17, 15) is 4.79 Å². The highest BCUT2D eigenvalue weighted by Crippen LogP contribution is 2.36. The molecule has 1 aliphatic rings. The van der Waals surface area contributed by atoms with Crippen molar-refractivity contribution in [2.45, 2.75) is 45.1 Å². The van der Waals surface area contributed by atoms with Crippen LogP contribution in [0.5, 0.6) is 0 Å². The summed E-state index contributed by atoms with van der Waals surface area (Å²) >= 11 is 18.7. The van der Waals surface area contributed by atoms with Crippen molar-refractivity contribution in [3.8, 4) is 22.4 Å². The average Bonchev–Trinajstić information content (AvgIpc) is 3.08. The molecular weight excluding hydrogens is 465 g/mol. The summed E-state index contributed by atoms with van der Waals surface area (Å²) in [5.74, 6) is 0.699. The van der Waals surface area contributed by atoms with Gasteiger partial charge in [-0.25, -0.2) is 9.97 Å². The Morgan fingerprint density at radius 3 is 2.28 bits per heavy atom. The fraction of sp³-hybridized carbons (Fsp3) is 0.320. The van der Waals surface area contributed by atoms with Crippen LogP contribution in [0.3, 0.4) is 0 Å². The van der Waals surface area contributed by atoms with E-state index < -0.39 is 0 Å². The molecule has 0 saturated heterocycles. The zero-order chi connectivity index (χ0) is 22.5. The topological polar surface area (TPSA) is 54.9 Å². The zero-order valence-corrected chi connectivity index (χ0v) is 19.9. The summed E-state index contributed by atoms with van der Waals surface area (Å²) in [4.78, 5) is 22.0. The smallest absolute Gasteiger partial charge is 0.223 e. The molecule has 1 amide bonds. The first kappa shape index (κ1) is 23.0. The lowest BCUT2D eigenvalue weighted by molar-refractivity contribution is -0.125. The number of halogens is 3. The molecule has 1 aliphatic carbocycles. The van der Waals surface area contributed by atoms with Gasteiger partial charge in [-0.1, -0.05) is 72.6 Å². The van der Waals surface area contributed by atoms with Crippen molar-refractivity contribution in [3.05, 3.63) is 69.6 Å². The number of hydrogen-bond donors (Lipinski definition) is 1. The van der Waals surface area contributed by atoms with Gasteiger partial charge >= 0.3 is 0 Å². The lowest BCUT2D eigenvalue weighted by Gasteiger charge is -2.15. The van der Waals surface area contributed by atoms with Crippen molar-refractivity contribution in [3.63, 3.8) is 0 Å². The van der Waals surface area contributed by atoms with E-state index in [4.69, 9.17) is 39.8 Å². The molecule has 1 N–H and O–H groups in total. The summed E-state index contributed by atoms with van der Waals surface area (Å²) in [6.07, 6.45) is 8.33. The number of carbonyl (C=O) groups is 1. The van der Waals surface area contributed by atoms with Crippen LogP contribution in [0.4, 0.5) is 0 Å². The van der Waals surface area contributed by atoms with Crippen LogP contribution >= 0.6 is 34.8 Å². The predicted octanol–water partition coefficient (Wildman–Crippen LogP) is 7.36. The Kier molecular flexibility index (Phi) is 7.67. The van der Waals surface area contributed by atoms with Crippen LogP contribution in [0, 0.1) is 5.92 Å². The van der Waals surface area contributed by atoms with Crippen LogP contribution in [0.2, 0.25) is 15.1 Å². The van der Waals surface area contributed by atoms with Crippen LogP contribution in [-0.2, 0) is 11.3 Å². The minimum Gasteiger partial charge on any atom is -0.349 e. The number of hydrogen-bond acceptors (Lipinski definition) is 3. The van der Waals surface area contributed by atoms with E-state index in [2.05, 4.69) is 10.3 Å². The van der Waals surface area contributed by atoms with Gasteiger partial charge in [0.15, 0.2) is 0 Å². The summed E-state index contributed by atoms with van der Waals surface area (Å²) in [7, 11) is 0. The average molecular weight is 489 g/mol. The van der Waals surface area contributed by atoms with E-state index >= 15 is 0 Å². The second-order valence-corrected chi connectivity index (χ2v) is 9.37. The molecule has 1 heterocycles. The quantitative estimate of drug-likeness (QED) is 0.382. The van der Waals surface area contributed by atoms with E-state index in [0.717, 1.165) is 42.4 Å². The third kappa shape index (κ3) is 5.61. The molecule has 0 atom stereocenters. The predicted molar refractivity (Wildman–Crippen MR) is 131 cm³/mol. The van der Waals surface area contributed by atoms with Gasteiger partial charge in [0.2, 0.25) is 5.91 Å². The largest absolute Gasteiger partial charge is 0.349 e. The van der Waals surface area contributed by atoms with Crippen LogP contribution in [0.25, 0.3) is 22.4 Å². The van der Waals surface area contributed by atoms with Crippen molar-refractivity contribution in [2.24, 2.45) is 5.92 Å². The number of nitrogens with zero attached hydrogens (tertiary/aromatic N) is 2. The SMILES string of the molecule is O=C(NCc1ncc(-c2ccc(Cl)cc2)c(-c2ccc(Cl)cc2Cl)n1)C1CCCCCC1. The first-order valence-electron chi connectivity index (χ1n) is 10.9. The summed E-state index contributed by atoms with van der Waals surface area (Å²) in [5.41, 5.74) is 3.18. The maximum Gasteiger partial charge on any atom is 0.223 e. The van der Waals surface area contributed by atoms with Crippen LogP contribution in [-0.4, -0.2) is 15.9 Å². The lowest BCUT2D eigenvalue weighted by Crippen LogP contribution is -2.30. The standard InChI is InChI=1S/C25H24Cl3N3O/c26-18-9-7-16(8-10-18)21-14-29-23(15-30-25(32)17-5-3-1-2-4-6-17)31-24(21)20-12-11-19(27)13-22(20)28/h7-14,17H,1-6,15H2,(H,30,32). The summed E-state index contributed by atoms with van der Waals surface area (Å²) < 4.78 is 0. The monoisotopic (exact) mass is 487 g/mol. The molecule has 0 bridgehead atoms. The molecule has 0 unspecified atom stereocenters. The highest BCUT2D eigenvalue weighted by atomic mass is 35.5. The van der Waals surface area contributed by atoms with Crippen molar-refractivity contribution < 1.29 is 4.79 Å². The van der Waals surface area contributed by atoms with Gasteiger partial charge < -0.3 is 5.32 Å². The fourth-order valence-corrected chi connectivity index (χ4v) is 4.71. The lowest BCUT2D eigenvalue weighted by atomic mass is 9.99. The molecule has 1 saturated carbocycles. The first-order chi connectivity index (χ1) is 15.5. The Labute approximate surface area is 203 Å². The second kappa shape index (κ2) is 10.7. The third-order valence-corrected chi connectivity index (χ3v) is 6.63. The van der Waals surface area contributed by atoms with Gasteiger partial charge in [0.25, 0.3) is 0 Å². The third-order valence-electron chi connectivity index (χ3n) is 5.83. The summed E-state index contributed by atoms with van der Waals surface area (Å²) in [6, 6.07) is 12.8. The number of benzene rings is 2. The molecule has 4 rings (SSSR count). The van der Waals surface area contributed by atoms with Gasteiger partial charge in [-0.3, -0.25) is 4.79 Å². The Bertz CT molecular complexity index is 1090. The first-order valence-corrected chi connectivity index (χ1v) is 12.0. The maximum absolute atomic E-state index is 12.7. The van der Waals surface area contributed by atoms with Crippen molar-refractivity contribution >= 4 is 40.7 Å². The molecule has 32 heavy (non-hydrogen) atoms. The molecule has 7 heteroatoms. The normalized spacial score (nSPS) is 14.7. The number of aromatic nitrogens is 2. The second-order valence-electron chi connectivity index (χ2n) is 8.09. The van der Waals surface area contributed by atoms with Gasteiger partial charge in [0.1, 0.15) is 5.82 Å². The summed E-state index contributed by atoms with van der Waals surface area (Å²) in [6.45, 7) is 0.272. The van der Waals surface area contributed by atoms with Gasteiger partial charge in [-0.05, 0) is 48.7 Å². The molecule has 0 aliphatic heterocycles. The van der Waals surface area contributed by atoms with Crippen molar-refractivity contribution in [1.29, 1.82) is 0 Å². The Morgan fingerprint density at radius 2 is 1.59 bits per heavy atom. The Balaban J connectivity index is 1.63. The van der Waals surface area contributed by atoms with E-state index in [1.54, 1.807) is 18.3 Å². The number of amides is 1. The molecule has 0 radical (unpaired) electrons. The molecular formula is C25H24Cl3N3O. The molecule has 1 aromatic heterocycles. The van der Waals surface area contributed by atoms with E-state index in [1.165, 1.54) is 12.8 Å². The van der Waals surface area contributed by atoms with Crippen LogP contribution in [0.1, 0.15) is 44.3 Å². The highest BCUT2D eigenvalue weighted by Gasteiger charge is 2.20. The fourth-order valence-electron chi connectivity index (χ4n) is 4.08. The summed E-state index contributed by atoms with van der Waals surface area (Å²) in [5, 5.41) is 4.73. The van der Waals surface area contributed by atoms with Gasteiger partial charge in [-0.2, -0.15) is 0 Å². The number of carbonyl (C=O) groups excluding carboxylic acids is 1. The Morgan fingerprint density at radius 1 is 0.906 bits per heavy atom. The molecule has 166 valence electrons. The van der Waals surface area contributed by atoms with E-state index in [0.29, 0.717) is 26.6 Å². The Hall–Kier alpha value is -2.14. The van der Waals surface area contributed by atoms with Crippen molar-refractivity contribution in [2.75, 3.05) is 0 Å². The highest BCUT2D eigenvalue weighted by molar-refractivity contribution is 6.36. The van der Waals surface area contributed by atoms with E-state index in [-0.39, 0.29) is 18.4 Å². The van der Waals surface area contributed by atoms with E-state index in [1.807, 2.05) is 30.3 Å².